The van der Waals surface area contributed by atoms with E-state index in [1.54, 1.807) is 11.3 Å². The predicted octanol–water partition coefficient (Wildman–Crippen LogP) is 2.63. The van der Waals surface area contributed by atoms with E-state index >= 15 is 0 Å². The fraction of sp³-hybridized carbons (Fsp3) is 0.375. The number of halogens is 2. The standard InChI is InChI=1S/C8H10N2S.2ClH/c1-10-5-4-7(9-10)8-3-2-6-11-8;;/h2-3,6H,4-5H2,1H3;2*1H. The van der Waals surface area contributed by atoms with E-state index in [4.69, 9.17) is 0 Å². The highest BCUT2D eigenvalue weighted by molar-refractivity contribution is 7.12. The van der Waals surface area contributed by atoms with Crippen molar-refractivity contribution in [3.05, 3.63) is 22.4 Å². The van der Waals surface area contributed by atoms with E-state index in [0.717, 1.165) is 13.0 Å². The van der Waals surface area contributed by atoms with E-state index < -0.39 is 0 Å². The molecule has 2 rings (SSSR count). The van der Waals surface area contributed by atoms with Gasteiger partial charge in [0.05, 0.1) is 10.6 Å². The first-order valence-electron chi connectivity index (χ1n) is 3.69. The van der Waals surface area contributed by atoms with Gasteiger partial charge in [0.15, 0.2) is 0 Å². The van der Waals surface area contributed by atoms with Gasteiger partial charge in [-0.3, -0.25) is 5.01 Å². The first-order valence-corrected chi connectivity index (χ1v) is 4.57. The van der Waals surface area contributed by atoms with Crippen LogP contribution in [0.25, 0.3) is 0 Å². The van der Waals surface area contributed by atoms with Gasteiger partial charge < -0.3 is 0 Å². The molecular formula is C8H12Cl2N2S. The van der Waals surface area contributed by atoms with Gasteiger partial charge >= 0.3 is 0 Å². The van der Waals surface area contributed by atoms with Crippen molar-refractivity contribution in [2.75, 3.05) is 13.6 Å². The second-order valence-corrected chi connectivity index (χ2v) is 3.60. The van der Waals surface area contributed by atoms with E-state index in [1.165, 1.54) is 10.6 Å². The quantitative estimate of drug-likeness (QED) is 0.735. The predicted molar refractivity (Wildman–Crippen MR) is 62.6 cm³/mol. The van der Waals surface area contributed by atoms with Gasteiger partial charge in [-0.15, -0.1) is 36.2 Å². The Bertz CT molecular complexity index is 272. The summed E-state index contributed by atoms with van der Waals surface area (Å²) in [7, 11) is 2.01. The Balaban J connectivity index is 0.000000720. The van der Waals surface area contributed by atoms with Gasteiger partial charge in [-0.25, -0.2) is 0 Å². The Labute approximate surface area is 94.5 Å². The first kappa shape index (κ1) is 12.8. The van der Waals surface area contributed by atoms with Gasteiger partial charge in [-0.05, 0) is 11.4 Å². The molecule has 2 nitrogen and oxygen atoms in total. The number of hydrogen-bond acceptors (Lipinski definition) is 3. The topological polar surface area (TPSA) is 15.6 Å². The molecule has 0 N–H and O–H groups in total. The first-order chi connectivity index (χ1) is 5.36. The molecule has 0 atom stereocenters. The summed E-state index contributed by atoms with van der Waals surface area (Å²) in [4.78, 5) is 1.31. The summed E-state index contributed by atoms with van der Waals surface area (Å²) >= 11 is 1.76. The van der Waals surface area contributed by atoms with Crippen LogP contribution in [0.4, 0.5) is 0 Å². The molecule has 1 aliphatic rings. The second-order valence-electron chi connectivity index (χ2n) is 2.66. The maximum Gasteiger partial charge on any atom is 0.0795 e. The summed E-state index contributed by atoms with van der Waals surface area (Å²) in [6, 6.07) is 4.20. The minimum absolute atomic E-state index is 0. The van der Waals surface area contributed by atoms with Crippen LogP contribution in [-0.2, 0) is 0 Å². The van der Waals surface area contributed by atoms with Crippen molar-refractivity contribution in [1.29, 1.82) is 0 Å². The maximum absolute atomic E-state index is 4.39. The molecule has 74 valence electrons. The number of hydrogen-bond donors (Lipinski definition) is 0. The van der Waals surface area contributed by atoms with Crippen molar-refractivity contribution >= 4 is 41.9 Å². The maximum atomic E-state index is 4.39. The van der Waals surface area contributed by atoms with Crippen LogP contribution in [0.3, 0.4) is 0 Å². The Morgan fingerprint density at radius 1 is 1.46 bits per heavy atom. The molecule has 0 amide bonds. The third kappa shape index (κ3) is 2.86. The molecule has 1 aromatic rings. The lowest BCUT2D eigenvalue weighted by Gasteiger charge is -2.00. The lowest BCUT2D eigenvalue weighted by atomic mass is 10.2. The molecule has 0 unspecified atom stereocenters. The zero-order valence-electron chi connectivity index (χ0n) is 7.27. The number of hydrazone groups is 1. The van der Waals surface area contributed by atoms with Crippen molar-refractivity contribution in [1.82, 2.24) is 5.01 Å². The molecule has 0 radical (unpaired) electrons. The second kappa shape index (κ2) is 5.47. The molecular weight excluding hydrogens is 227 g/mol. The van der Waals surface area contributed by atoms with Crippen LogP contribution in [0.15, 0.2) is 22.6 Å². The smallest absolute Gasteiger partial charge is 0.0795 e. The number of nitrogens with zero attached hydrogens (tertiary/aromatic N) is 2. The molecule has 0 spiro atoms. The molecule has 2 heterocycles. The fourth-order valence-corrected chi connectivity index (χ4v) is 1.93. The van der Waals surface area contributed by atoms with Crippen molar-refractivity contribution in [2.24, 2.45) is 5.10 Å². The van der Waals surface area contributed by atoms with Gasteiger partial charge in [0, 0.05) is 20.0 Å². The van der Waals surface area contributed by atoms with Crippen LogP contribution < -0.4 is 0 Å². The summed E-state index contributed by atoms with van der Waals surface area (Å²) in [6.07, 6.45) is 1.09. The number of rotatable bonds is 1. The third-order valence-electron chi connectivity index (χ3n) is 1.77. The average molecular weight is 239 g/mol. The highest BCUT2D eigenvalue weighted by Gasteiger charge is 2.12. The van der Waals surface area contributed by atoms with E-state index in [2.05, 4.69) is 22.6 Å². The van der Waals surface area contributed by atoms with Crippen molar-refractivity contribution in [3.8, 4) is 0 Å². The van der Waals surface area contributed by atoms with Gasteiger partial charge in [0.25, 0.3) is 0 Å². The van der Waals surface area contributed by atoms with Crippen LogP contribution >= 0.6 is 36.2 Å². The van der Waals surface area contributed by atoms with Crippen molar-refractivity contribution in [2.45, 2.75) is 6.42 Å². The Morgan fingerprint density at radius 2 is 2.23 bits per heavy atom. The van der Waals surface area contributed by atoms with Crippen LogP contribution in [-0.4, -0.2) is 24.3 Å². The molecule has 0 saturated carbocycles. The molecule has 1 aliphatic heterocycles. The molecule has 0 aliphatic carbocycles. The summed E-state index contributed by atoms with van der Waals surface area (Å²) in [5, 5.41) is 8.48. The van der Waals surface area contributed by atoms with Gasteiger partial charge in [0.2, 0.25) is 0 Å². The SMILES string of the molecule is CN1CCC(c2cccs2)=N1.Cl.Cl. The van der Waals surface area contributed by atoms with Gasteiger partial charge in [-0.2, -0.15) is 5.10 Å². The summed E-state index contributed by atoms with van der Waals surface area (Å²) < 4.78 is 0. The molecule has 1 aromatic heterocycles. The summed E-state index contributed by atoms with van der Waals surface area (Å²) in [6.45, 7) is 1.06. The zero-order valence-corrected chi connectivity index (χ0v) is 9.71. The Morgan fingerprint density at radius 3 is 2.69 bits per heavy atom. The average Bonchev–Trinajstić information content (AvgIpc) is 2.55. The molecule has 13 heavy (non-hydrogen) atoms. The summed E-state index contributed by atoms with van der Waals surface area (Å²) in [5.41, 5.74) is 1.24. The monoisotopic (exact) mass is 238 g/mol. The number of thiophene rings is 1. The summed E-state index contributed by atoms with van der Waals surface area (Å²) in [5.74, 6) is 0. The highest BCUT2D eigenvalue weighted by atomic mass is 35.5. The lowest BCUT2D eigenvalue weighted by molar-refractivity contribution is 0.393. The van der Waals surface area contributed by atoms with Crippen LogP contribution in [0.2, 0.25) is 0 Å². The molecule has 0 saturated heterocycles. The minimum Gasteiger partial charge on any atom is -0.299 e. The zero-order chi connectivity index (χ0) is 7.68. The Hall–Kier alpha value is -0.250. The van der Waals surface area contributed by atoms with Crippen molar-refractivity contribution in [3.63, 3.8) is 0 Å². The highest BCUT2D eigenvalue weighted by Crippen LogP contribution is 2.16. The minimum atomic E-state index is 0. The largest absolute Gasteiger partial charge is 0.299 e. The Kier molecular flexibility index (Phi) is 5.37. The molecule has 5 heteroatoms. The van der Waals surface area contributed by atoms with Gasteiger partial charge in [-0.1, -0.05) is 6.07 Å². The van der Waals surface area contributed by atoms with E-state index in [9.17, 15) is 0 Å². The fourth-order valence-electron chi connectivity index (χ4n) is 1.19. The lowest BCUT2D eigenvalue weighted by Crippen LogP contribution is -2.04. The van der Waals surface area contributed by atoms with E-state index in [-0.39, 0.29) is 24.8 Å². The van der Waals surface area contributed by atoms with Crippen LogP contribution in [0.5, 0.6) is 0 Å². The molecule has 0 aromatic carbocycles. The molecule has 0 bridgehead atoms. The normalized spacial score (nSPS) is 14.5. The van der Waals surface area contributed by atoms with E-state index in [0.29, 0.717) is 0 Å². The third-order valence-corrected chi connectivity index (χ3v) is 2.69. The van der Waals surface area contributed by atoms with Crippen LogP contribution in [0.1, 0.15) is 11.3 Å². The van der Waals surface area contributed by atoms with Gasteiger partial charge in [0.1, 0.15) is 0 Å². The van der Waals surface area contributed by atoms with Crippen LogP contribution in [0, 0.1) is 0 Å². The molecule has 0 fully saturated rings. The van der Waals surface area contributed by atoms with E-state index in [1.807, 2.05) is 12.1 Å². The van der Waals surface area contributed by atoms with Crippen molar-refractivity contribution < 1.29 is 0 Å².